The van der Waals surface area contributed by atoms with Crippen LogP contribution in [0.5, 0.6) is 11.5 Å². The quantitative estimate of drug-likeness (QED) is 0.613. The highest BCUT2D eigenvalue weighted by atomic mass is 16.5. The topological polar surface area (TPSA) is 66.5 Å². The number of H-pyrrole nitrogens is 1. The molecule has 5 heteroatoms. The number of para-hydroxylation sites is 1. The number of rotatable bonds is 1. The van der Waals surface area contributed by atoms with E-state index in [-0.39, 0.29) is 12.1 Å². The third-order valence-electron chi connectivity index (χ3n) is 7.80. The Bertz CT molecular complexity index is 1170. The van der Waals surface area contributed by atoms with Crippen molar-refractivity contribution < 1.29 is 14.6 Å². The number of aromatic nitrogens is 1. The minimum Gasteiger partial charge on any atom is -0.493 e. The second kappa shape index (κ2) is 4.73. The van der Waals surface area contributed by atoms with Gasteiger partial charge in [-0.2, -0.15) is 0 Å². The lowest BCUT2D eigenvalue weighted by atomic mass is 9.49. The number of nitrogens with one attached hydrogen (secondary N) is 2. The molecule has 3 heterocycles. The summed E-state index contributed by atoms with van der Waals surface area (Å²) >= 11 is 0. The predicted octanol–water partition coefficient (Wildman–Crippen LogP) is 2.75. The number of benzene rings is 2. The first-order valence-electron chi connectivity index (χ1n) is 10.1. The Kier molecular flexibility index (Phi) is 2.60. The maximum Gasteiger partial charge on any atom is 0.166 e. The smallest absolute Gasteiger partial charge is 0.166 e. The van der Waals surface area contributed by atoms with Gasteiger partial charge in [-0.15, -0.1) is 0 Å². The van der Waals surface area contributed by atoms with Gasteiger partial charge in [-0.1, -0.05) is 24.3 Å². The summed E-state index contributed by atoms with van der Waals surface area (Å²) in [5.41, 5.74) is 4.58. The average Bonchev–Trinajstić information content (AvgIpc) is 3.22. The molecule has 0 radical (unpaired) electrons. The van der Waals surface area contributed by atoms with Crippen LogP contribution in [0.25, 0.3) is 10.9 Å². The zero-order chi connectivity index (χ0) is 18.7. The molecule has 1 saturated heterocycles. The molecule has 3 aromatic rings. The van der Waals surface area contributed by atoms with Crippen LogP contribution in [0.15, 0.2) is 36.4 Å². The third-order valence-corrected chi connectivity index (χ3v) is 7.80. The molecule has 142 valence electrons. The lowest BCUT2D eigenvalue weighted by Crippen LogP contribution is -2.73. The van der Waals surface area contributed by atoms with Gasteiger partial charge >= 0.3 is 0 Å². The highest BCUT2D eigenvalue weighted by Gasteiger charge is 2.71. The standard InChI is InChI=1S/C23H22N2O3/c1-27-16-7-6-12-10-17-23(26)11-14-13-4-2-3-5-15(13)25-19(14)21-22(23,8-9-24-17)18(12)20(16)28-21/h2-7,17,21,24-26H,8-11H2,1H3/t17-,21+,22+,23-/m1/s1. The Morgan fingerprint density at radius 3 is 3.00 bits per heavy atom. The maximum absolute atomic E-state index is 12.3. The van der Waals surface area contributed by atoms with Crippen LogP contribution in [-0.4, -0.2) is 35.4 Å². The van der Waals surface area contributed by atoms with Crippen LogP contribution in [0, 0.1) is 0 Å². The van der Waals surface area contributed by atoms with Crippen molar-refractivity contribution in [3.05, 3.63) is 58.8 Å². The van der Waals surface area contributed by atoms with Crippen molar-refractivity contribution in [1.29, 1.82) is 0 Å². The second-order valence-electron chi connectivity index (χ2n) is 8.72. The van der Waals surface area contributed by atoms with Gasteiger partial charge in [-0.25, -0.2) is 0 Å². The first-order valence-corrected chi connectivity index (χ1v) is 10.1. The molecule has 2 aromatic carbocycles. The number of hydrogen-bond donors (Lipinski definition) is 3. The Balaban J connectivity index is 1.60. The van der Waals surface area contributed by atoms with E-state index in [2.05, 4.69) is 40.6 Å². The van der Waals surface area contributed by atoms with Crippen LogP contribution in [0.1, 0.15) is 34.9 Å². The van der Waals surface area contributed by atoms with Crippen molar-refractivity contribution in [3.63, 3.8) is 0 Å². The highest BCUT2D eigenvalue weighted by molar-refractivity contribution is 5.86. The number of piperidine rings is 1. The monoisotopic (exact) mass is 374 g/mol. The van der Waals surface area contributed by atoms with Gasteiger partial charge in [-0.3, -0.25) is 0 Å². The van der Waals surface area contributed by atoms with Crippen LogP contribution in [0.2, 0.25) is 0 Å². The zero-order valence-electron chi connectivity index (χ0n) is 15.7. The first kappa shape index (κ1) is 15.4. The molecule has 4 atom stereocenters. The van der Waals surface area contributed by atoms with Crippen molar-refractivity contribution >= 4 is 10.9 Å². The van der Waals surface area contributed by atoms with E-state index in [1.165, 1.54) is 22.1 Å². The highest BCUT2D eigenvalue weighted by Crippen LogP contribution is 2.67. The van der Waals surface area contributed by atoms with Crippen LogP contribution < -0.4 is 14.8 Å². The van der Waals surface area contributed by atoms with Crippen LogP contribution in [0.3, 0.4) is 0 Å². The van der Waals surface area contributed by atoms with E-state index in [9.17, 15) is 5.11 Å². The van der Waals surface area contributed by atoms with E-state index in [0.29, 0.717) is 6.42 Å². The van der Waals surface area contributed by atoms with E-state index >= 15 is 0 Å². The molecule has 2 bridgehead atoms. The molecule has 1 aromatic heterocycles. The lowest BCUT2D eigenvalue weighted by molar-refractivity contribution is -0.134. The molecule has 1 fully saturated rings. The van der Waals surface area contributed by atoms with E-state index in [1.54, 1.807) is 7.11 Å². The van der Waals surface area contributed by atoms with Crippen LogP contribution >= 0.6 is 0 Å². The normalized spacial score (nSPS) is 33.9. The van der Waals surface area contributed by atoms with E-state index < -0.39 is 11.0 Å². The molecule has 2 aliphatic heterocycles. The van der Waals surface area contributed by atoms with E-state index in [1.807, 2.05) is 6.07 Å². The largest absolute Gasteiger partial charge is 0.493 e. The molecular formula is C23H22N2O3. The van der Waals surface area contributed by atoms with Crippen molar-refractivity contribution in [2.24, 2.45) is 0 Å². The fourth-order valence-electron chi connectivity index (χ4n) is 6.68. The predicted molar refractivity (Wildman–Crippen MR) is 105 cm³/mol. The molecule has 7 rings (SSSR count). The molecule has 5 nitrogen and oxygen atoms in total. The zero-order valence-corrected chi connectivity index (χ0v) is 15.7. The molecule has 0 saturated carbocycles. The number of aromatic amines is 1. The summed E-state index contributed by atoms with van der Waals surface area (Å²) < 4.78 is 12.3. The van der Waals surface area contributed by atoms with Gasteiger partial charge in [0.25, 0.3) is 0 Å². The summed E-state index contributed by atoms with van der Waals surface area (Å²) in [6, 6.07) is 12.6. The summed E-state index contributed by atoms with van der Waals surface area (Å²) in [4.78, 5) is 3.64. The number of methoxy groups -OCH3 is 1. The fraction of sp³-hybridized carbons (Fsp3) is 0.391. The van der Waals surface area contributed by atoms with Crippen LogP contribution in [-0.2, 0) is 18.3 Å². The Hall–Kier alpha value is -2.50. The van der Waals surface area contributed by atoms with Crippen molar-refractivity contribution in [2.45, 2.75) is 42.4 Å². The Morgan fingerprint density at radius 1 is 1.21 bits per heavy atom. The molecule has 0 amide bonds. The number of fused-ring (bicyclic) bond motifs is 4. The van der Waals surface area contributed by atoms with Crippen molar-refractivity contribution in [2.75, 3.05) is 13.7 Å². The number of aliphatic hydroxyl groups is 1. The number of hydrogen-bond acceptors (Lipinski definition) is 4. The van der Waals surface area contributed by atoms with Crippen LogP contribution in [0.4, 0.5) is 0 Å². The van der Waals surface area contributed by atoms with Gasteiger partial charge in [0.2, 0.25) is 0 Å². The van der Waals surface area contributed by atoms with E-state index in [4.69, 9.17) is 9.47 Å². The Labute approximate surface area is 162 Å². The Morgan fingerprint density at radius 2 is 2.11 bits per heavy atom. The molecule has 1 spiro atoms. The van der Waals surface area contributed by atoms with Crippen molar-refractivity contribution in [3.8, 4) is 11.5 Å². The minimum atomic E-state index is -0.876. The SMILES string of the molecule is COc1ccc2c3c1O[C@H]1c4[nH]c5ccccc5c4C[C@@]4(O)[C@@H](C2)NCC[C@]314. The van der Waals surface area contributed by atoms with Gasteiger partial charge in [0, 0.05) is 28.9 Å². The summed E-state index contributed by atoms with van der Waals surface area (Å²) in [5.74, 6) is 1.59. The summed E-state index contributed by atoms with van der Waals surface area (Å²) in [7, 11) is 1.69. The summed E-state index contributed by atoms with van der Waals surface area (Å²) in [6.07, 6.45) is 2.09. The summed E-state index contributed by atoms with van der Waals surface area (Å²) in [5, 5.41) is 17.1. The third kappa shape index (κ3) is 1.45. The van der Waals surface area contributed by atoms with Gasteiger partial charge < -0.3 is 24.9 Å². The maximum atomic E-state index is 12.3. The van der Waals surface area contributed by atoms with Gasteiger partial charge in [0.15, 0.2) is 17.6 Å². The molecule has 3 N–H and O–H groups in total. The molecule has 28 heavy (non-hydrogen) atoms. The number of ether oxygens (including phenoxy) is 2. The average molecular weight is 374 g/mol. The first-order chi connectivity index (χ1) is 13.7. The van der Waals surface area contributed by atoms with Crippen molar-refractivity contribution in [1.82, 2.24) is 10.3 Å². The molecule has 2 aliphatic carbocycles. The van der Waals surface area contributed by atoms with Gasteiger partial charge in [0.1, 0.15) is 0 Å². The minimum absolute atomic E-state index is 0.0287. The molecule has 4 aliphatic rings. The second-order valence-corrected chi connectivity index (χ2v) is 8.72. The van der Waals surface area contributed by atoms with Gasteiger partial charge in [-0.05, 0) is 42.6 Å². The van der Waals surface area contributed by atoms with E-state index in [0.717, 1.165) is 42.1 Å². The van der Waals surface area contributed by atoms with Gasteiger partial charge in [0.05, 0.1) is 23.8 Å². The fourth-order valence-corrected chi connectivity index (χ4v) is 6.68. The molecular weight excluding hydrogens is 352 g/mol. The molecule has 0 unspecified atom stereocenters. The summed E-state index contributed by atoms with van der Waals surface area (Å²) in [6.45, 7) is 0.887. The lowest BCUT2D eigenvalue weighted by Gasteiger charge is -2.59.